The largest absolute Gasteiger partial charge is 0.436 e. The number of hydrogen-bond donors (Lipinski definition) is 1. The Morgan fingerprint density at radius 3 is 2.85 bits per heavy atom. The molecule has 0 aliphatic carbocycles. The van der Waals surface area contributed by atoms with E-state index in [9.17, 15) is 4.39 Å². The normalized spacial score (nSPS) is 10.8. The molecule has 0 fully saturated rings. The van der Waals surface area contributed by atoms with E-state index in [1.54, 1.807) is 18.2 Å². The van der Waals surface area contributed by atoms with Crippen LogP contribution in [-0.2, 0) is 6.54 Å². The molecule has 20 heavy (non-hydrogen) atoms. The van der Waals surface area contributed by atoms with Crippen molar-refractivity contribution < 1.29 is 9.13 Å². The minimum Gasteiger partial charge on any atom is -0.436 e. The smallest absolute Gasteiger partial charge is 0.219 e. The Balaban J connectivity index is 2.13. The van der Waals surface area contributed by atoms with Crippen LogP contribution in [0.2, 0.25) is 0 Å². The predicted molar refractivity (Wildman–Crippen MR) is 80.4 cm³/mol. The fourth-order valence-corrected chi connectivity index (χ4v) is 1.93. The van der Waals surface area contributed by atoms with E-state index in [0.29, 0.717) is 18.5 Å². The zero-order valence-corrected chi connectivity index (χ0v) is 12.9. The van der Waals surface area contributed by atoms with Crippen molar-refractivity contribution in [3.63, 3.8) is 0 Å². The number of aromatic nitrogens is 1. The van der Waals surface area contributed by atoms with Crippen LogP contribution in [0.5, 0.6) is 11.6 Å². The van der Waals surface area contributed by atoms with Gasteiger partial charge < -0.3 is 10.1 Å². The van der Waals surface area contributed by atoms with Gasteiger partial charge in [-0.05, 0) is 24.3 Å². The monoisotopic (exact) mass is 338 g/mol. The molecule has 2 rings (SSSR count). The summed E-state index contributed by atoms with van der Waals surface area (Å²) in [6.45, 7) is 4.78. The maximum Gasteiger partial charge on any atom is 0.219 e. The third kappa shape index (κ3) is 4.28. The lowest BCUT2D eigenvalue weighted by atomic mass is 10.3. The molecule has 0 saturated carbocycles. The second-order valence-corrected chi connectivity index (χ2v) is 5.60. The highest BCUT2D eigenvalue weighted by Gasteiger charge is 2.07. The van der Waals surface area contributed by atoms with E-state index in [2.05, 4.69) is 40.1 Å². The van der Waals surface area contributed by atoms with Gasteiger partial charge in [-0.1, -0.05) is 35.8 Å². The highest BCUT2D eigenvalue weighted by Crippen LogP contribution is 2.26. The molecular formula is C15H16BrFN2O. The third-order valence-electron chi connectivity index (χ3n) is 2.58. The van der Waals surface area contributed by atoms with Crippen LogP contribution in [-0.4, -0.2) is 11.0 Å². The van der Waals surface area contributed by atoms with Crippen LogP contribution >= 0.6 is 15.9 Å². The predicted octanol–water partition coefficient (Wildman–Crippen LogP) is 4.27. The number of nitrogens with zero attached hydrogens (tertiary/aromatic N) is 1. The number of nitrogens with one attached hydrogen (secondary N) is 1. The number of rotatable bonds is 5. The number of benzene rings is 1. The molecule has 0 amide bonds. The summed E-state index contributed by atoms with van der Waals surface area (Å²) >= 11 is 3.29. The standard InChI is InChI=1S/C15H16BrFN2O/c1-10(2)18-9-12-4-3-5-15(19-12)20-14-8-11(16)6-7-13(14)17/h3-8,10,18H,9H2,1-2H3. The van der Waals surface area contributed by atoms with E-state index in [4.69, 9.17) is 4.74 Å². The van der Waals surface area contributed by atoms with Crippen LogP contribution in [0.4, 0.5) is 4.39 Å². The van der Waals surface area contributed by atoms with E-state index in [1.165, 1.54) is 6.07 Å². The molecular weight excluding hydrogens is 323 g/mol. The van der Waals surface area contributed by atoms with Crippen molar-refractivity contribution in [2.24, 2.45) is 0 Å². The van der Waals surface area contributed by atoms with Gasteiger partial charge in [0.05, 0.1) is 5.69 Å². The Kier molecular flexibility index (Phi) is 5.09. The second kappa shape index (κ2) is 6.81. The van der Waals surface area contributed by atoms with Crippen LogP contribution in [0.25, 0.3) is 0 Å². The summed E-state index contributed by atoms with van der Waals surface area (Å²) in [6, 6.07) is 10.4. The highest BCUT2D eigenvalue weighted by atomic mass is 79.9. The lowest BCUT2D eigenvalue weighted by molar-refractivity contribution is 0.424. The maximum atomic E-state index is 13.6. The van der Waals surface area contributed by atoms with Gasteiger partial charge in [0.2, 0.25) is 5.88 Å². The lowest BCUT2D eigenvalue weighted by Crippen LogP contribution is -2.22. The first-order valence-electron chi connectivity index (χ1n) is 6.37. The molecule has 5 heteroatoms. The fourth-order valence-electron chi connectivity index (χ4n) is 1.59. The molecule has 3 nitrogen and oxygen atoms in total. The maximum absolute atomic E-state index is 13.6. The van der Waals surface area contributed by atoms with E-state index < -0.39 is 5.82 Å². The van der Waals surface area contributed by atoms with Crippen molar-refractivity contribution >= 4 is 15.9 Å². The summed E-state index contributed by atoms with van der Waals surface area (Å²) in [5.41, 5.74) is 0.853. The van der Waals surface area contributed by atoms with Gasteiger partial charge in [-0.25, -0.2) is 9.37 Å². The van der Waals surface area contributed by atoms with Gasteiger partial charge in [-0.15, -0.1) is 0 Å². The summed E-state index contributed by atoms with van der Waals surface area (Å²) < 4.78 is 19.9. The molecule has 1 aromatic carbocycles. The Morgan fingerprint density at radius 1 is 1.30 bits per heavy atom. The lowest BCUT2D eigenvalue weighted by Gasteiger charge is -2.10. The van der Waals surface area contributed by atoms with Crippen molar-refractivity contribution in [3.05, 3.63) is 52.4 Å². The van der Waals surface area contributed by atoms with Gasteiger partial charge in [0.25, 0.3) is 0 Å². The van der Waals surface area contributed by atoms with Gasteiger partial charge in [0, 0.05) is 23.1 Å². The number of halogens is 2. The average Bonchev–Trinajstić information content (AvgIpc) is 2.41. The van der Waals surface area contributed by atoms with Crippen molar-refractivity contribution in [2.45, 2.75) is 26.4 Å². The minimum absolute atomic E-state index is 0.154. The van der Waals surface area contributed by atoms with E-state index >= 15 is 0 Å². The molecule has 1 N–H and O–H groups in total. The first kappa shape index (κ1) is 14.9. The summed E-state index contributed by atoms with van der Waals surface area (Å²) in [5, 5.41) is 3.27. The molecule has 0 spiro atoms. The van der Waals surface area contributed by atoms with Gasteiger partial charge in [-0.2, -0.15) is 0 Å². The van der Waals surface area contributed by atoms with Crippen LogP contribution < -0.4 is 10.1 Å². The van der Waals surface area contributed by atoms with Crippen molar-refractivity contribution in [2.75, 3.05) is 0 Å². The van der Waals surface area contributed by atoms with Gasteiger partial charge in [-0.3, -0.25) is 0 Å². The molecule has 0 unspecified atom stereocenters. The molecule has 1 aromatic heterocycles. The molecule has 1 heterocycles. The highest BCUT2D eigenvalue weighted by molar-refractivity contribution is 9.10. The van der Waals surface area contributed by atoms with E-state index in [-0.39, 0.29) is 5.75 Å². The van der Waals surface area contributed by atoms with Gasteiger partial charge >= 0.3 is 0 Å². The summed E-state index contributed by atoms with van der Waals surface area (Å²) in [6.07, 6.45) is 0. The Hall–Kier alpha value is -1.46. The molecule has 0 atom stereocenters. The van der Waals surface area contributed by atoms with Crippen molar-refractivity contribution in [1.82, 2.24) is 10.3 Å². The number of pyridine rings is 1. The zero-order chi connectivity index (χ0) is 14.5. The van der Waals surface area contributed by atoms with Crippen LogP contribution in [0.3, 0.4) is 0 Å². The average molecular weight is 339 g/mol. The van der Waals surface area contributed by atoms with Crippen LogP contribution in [0.1, 0.15) is 19.5 Å². The van der Waals surface area contributed by atoms with E-state index in [1.807, 2.05) is 12.1 Å². The summed E-state index contributed by atoms with van der Waals surface area (Å²) in [4.78, 5) is 4.34. The Morgan fingerprint density at radius 2 is 2.10 bits per heavy atom. The Labute approximate surface area is 126 Å². The molecule has 2 aromatic rings. The van der Waals surface area contributed by atoms with Gasteiger partial charge in [0.15, 0.2) is 11.6 Å². The first-order chi connectivity index (χ1) is 9.54. The number of hydrogen-bond acceptors (Lipinski definition) is 3. The molecule has 0 aliphatic rings. The SMILES string of the molecule is CC(C)NCc1cccc(Oc2cc(Br)ccc2F)n1. The molecule has 0 aliphatic heterocycles. The van der Waals surface area contributed by atoms with Crippen molar-refractivity contribution in [3.8, 4) is 11.6 Å². The minimum atomic E-state index is -0.416. The van der Waals surface area contributed by atoms with Gasteiger partial charge in [0.1, 0.15) is 0 Å². The molecule has 106 valence electrons. The first-order valence-corrected chi connectivity index (χ1v) is 7.16. The molecule has 0 bridgehead atoms. The molecule has 0 saturated heterocycles. The van der Waals surface area contributed by atoms with Crippen LogP contribution in [0, 0.1) is 5.82 Å². The Bertz CT molecular complexity index is 590. The second-order valence-electron chi connectivity index (χ2n) is 4.68. The fraction of sp³-hybridized carbons (Fsp3) is 0.267. The van der Waals surface area contributed by atoms with E-state index in [0.717, 1.165) is 10.2 Å². The third-order valence-corrected chi connectivity index (χ3v) is 3.07. The van der Waals surface area contributed by atoms with Crippen LogP contribution in [0.15, 0.2) is 40.9 Å². The topological polar surface area (TPSA) is 34.1 Å². The summed E-state index contributed by atoms with van der Waals surface area (Å²) in [7, 11) is 0. The quantitative estimate of drug-likeness (QED) is 0.883. The zero-order valence-electron chi connectivity index (χ0n) is 11.4. The van der Waals surface area contributed by atoms with Crippen molar-refractivity contribution in [1.29, 1.82) is 0 Å². The number of ether oxygens (including phenoxy) is 1. The molecule has 0 radical (unpaired) electrons. The summed E-state index contributed by atoms with van der Waals surface area (Å²) in [5.74, 6) is 0.117.